The van der Waals surface area contributed by atoms with Crippen molar-refractivity contribution in [2.75, 3.05) is 5.32 Å². The van der Waals surface area contributed by atoms with Crippen LogP contribution in [0.1, 0.15) is 21.6 Å². The molecule has 1 N–H and O–H groups in total. The molecule has 0 aliphatic heterocycles. The van der Waals surface area contributed by atoms with E-state index in [1.807, 2.05) is 68.4 Å². The molecular weight excluding hydrogens is 274 g/mol. The van der Waals surface area contributed by atoms with Crippen molar-refractivity contribution in [3.63, 3.8) is 0 Å². The second-order valence-corrected chi connectivity index (χ2v) is 5.21. The number of hydrogen-bond donors (Lipinski definition) is 1. The van der Waals surface area contributed by atoms with Crippen LogP contribution in [0.2, 0.25) is 0 Å². The van der Waals surface area contributed by atoms with E-state index in [-0.39, 0.29) is 5.91 Å². The zero-order chi connectivity index (χ0) is 15.5. The summed E-state index contributed by atoms with van der Waals surface area (Å²) in [5, 5.41) is 7.23. The predicted octanol–water partition coefficient (Wildman–Crippen LogP) is 3.74. The zero-order valence-corrected chi connectivity index (χ0v) is 12.6. The Bertz CT molecular complexity index is 806. The maximum absolute atomic E-state index is 12.4. The van der Waals surface area contributed by atoms with Crippen LogP contribution in [0, 0.1) is 13.8 Å². The molecule has 1 aromatic heterocycles. The Labute approximate surface area is 129 Å². The van der Waals surface area contributed by atoms with Crippen molar-refractivity contribution in [1.29, 1.82) is 0 Å². The van der Waals surface area contributed by atoms with Crippen LogP contribution in [0.15, 0.2) is 60.8 Å². The van der Waals surface area contributed by atoms with Crippen molar-refractivity contribution in [3.8, 4) is 5.69 Å². The van der Waals surface area contributed by atoms with Crippen molar-refractivity contribution < 1.29 is 4.79 Å². The van der Waals surface area contributed by atoms with Gasteiger partial charge >= 0.3 is 0 Å². The Morgan fingerprint density at radius 1 is 1.05 bits per heavy atom. The van der Waals surface area contributed by atoms with Gasteiger partial charge in [0.25, 0.3) is 5.91 Å². The molecule has 0 saturated heterocycles. The summed E-state index contributed by atoms with van der Waals surface area (Å²) in [6.45, 7) is 3.93. The maximum Gasteiger partial charge on any atom is 0.259 e. The van der Waals surface area contributed by atoms with E-state index in [1.54, 1.807) is 10.9 Å². The van der Waals surface area contributed by atoms with Gasteiger partial charge in [-0.3, -0.25) is 4.79 Å². The number of benzene rings is 2. The minimum absolute atomic E-state index is 0.150. The number of aryl methyl sites for hydroxylation is 1. The first kappa shape index (κ1) is 14.1. The highest BCUT2D eigenvalue weighted by molar-refractivity contribution is 6.04. The second kappa shape index (κ2) is 5.85. The minimum atomic E-state index is -0.150. The summed E-state index contributed by atoms with van der Waals surface area (Å²) in [6.07, 6.45) is 1.61. The highest BCUT2D eigenvalue weighted by Gasteiger charge is 2.15. The second-order valence-electron chi connectivity index (χ2n) is 5.21. The molecule has 0 unspecified atom stereocenters. The van der Waals surface area contributed by atoms with Crippen LogP contribution in [0.5, 0.6) is 0 Å². The summed E-state index contributed by atoms with van der Waals surface area (Å²) in [7, 11) is 0. The summed E-state index contributed by atoms with van der Waals surface area (Å²) in [6, 6.07) is 17.4. The van der Waals surface area contributed by atoms with Gasteiger partial charge in [-0.2, -0.15) is 5.10 Å². The van der Waals surface area contributed by atoms with Crippen molar-refractivity contribution in [3.05, 3.63) is 77.6 Å². The normalized spacial score (nSPS) is 10.5. The number of nitrogens with one attached hydrogen (secondary N) is 1. The molecule has 4 heteroatoms. The van der Waals surface area contributed by atoms with E-state index in [4.69, 9.17) is 0 Å². The summed E-state index contributed by atoms with van der Waals surface area (Å²) < 4.78 is 1.78. The van der Waals surface area contributed by atoms with Crippen LogP contribution in [0.25, 0.3) is 5.69 Å². The largest absolute Gasteiger partial charge is 0.322 e. The first-order chi connectivity index (χ1) is 10.6. The standard InChI is InChI=1S/C18H17N3O/c1-13-7-6-10-16(11-13)21-14(2)17(12-19-21)18(22)20-15-8-4-3-5-9-15/h3-12H,1-2H3,(H,20,22). The summed E-state index contributed by atoms with van der Waals surface area (Å²) in [4.78, 5) is 12.4. The van der Waals surface area contributed by atoms with E-state index < -0.39 is 0 Å². The van der Waals surface area contributed by atoms with Gasteiger partial charge in [-0.25, -0.2) is 4.68 Å². The van der Waals surface area contributed by atoms with Gasteiger partial charge in [-0.05, 0) is 43.7 Å². The lowest BCUT2D eigenvalue weighted by Gasteiger charge is -2.07. The molecule has 0 aliphatic carbocycles. The number of hydrogen-bond acceptors (Lipinski definition) is 2. The molecule has 0 fully saturated rings. The quantitative estimate of drug-likeness (QED) is 0.799. The van der Waals surface area contributed by atoms with E-state index in [0.29, 0.717) is 5.56 Å². The topological polar surface area (TPSA) is 46.9 Å². The number of nitrogens with zero attached hydrogens (tertiary/aromatic N) is 2. The highest BCUT2D eigenvalue weighted by Crippen LogP contribution is 2.17. The molecule has 0 aliphatic rings. The summed E-state index contributed by atoms with van der Waals surface area (Å²) in [5.74, 6) is -0.150. The fraction of sp³-hybridized carbons (Fsp3) is 0.111. The van der Waals surface area contributed by atoms with E-state index in [9.17, 15) is 4.79 Å². The van der Waals surface area contributed by atoms with Crippen molar-refractivity contribution in [2.45, 2.75) is 13.8 Å². The Hall–Kier alpha value is -2.88. The van der Waals surface area contributed by atoms with E-state index >= 15 is 0 Å². The van der Waals surface area contributed by atoms with Crippen LogP contribution < -0.4 is 5.32 Å². The van der Waals surface area contributed by atoms with Gasteiger partial charge in [0.2, 0.25) is 0 Å². The molecule has 0 saturated carbocycles. The Morgan fingerprint density at radius 2 is 1.82 bits per heavy atom. The third-order valence-electron chi connectivity index (χ3n) is 3.53. The van der Waals surface area contributed by atoms with Gasteiger partial charge in [-0.1, -0.05) is 30.3 Å². The van der Waals surface area contributed by atoms with Gasteiger partial charge in [0.15, 0.2) is 0 Å². The smallest absolute Gasteiger partial charge is 0.259 e. The van der Waals surface area contributed by atoms with Gasteiger partial charge in [0.1, 0.15) is 0 Å². The van der Waals surface area contributed by atoms with Crippen LogP contribution in [0.3, 0.4) is 0 Å². The lowest BCUT2D eigenvalue weighted by molar-refractivity contribution is 0.102. The van der Waals surface area contributed by atoms with Gasteiger partial charge in [0, 0.05) is 5.69 Å². The number of rotatable bonds is 3. The monoisotopic (exact) mass is 291 g/mol. The molecule has 0 atom stereocenters. The molecule has 1 heterocycles. The molecule has 1 amide bonds. The Morgan fingerprint density at radius 3 is 2.55 bits per heavy atom. The number of carbonyl (C=O) groups excluding carboxylic acids is 1. The van der Waals surface area contributed by atoms with E-state index in [1.165, 1.54) is 0 Å². The van der Waals surface area contributed by atoms with E-state index in [0.717, 1.165) is 22.6 Å². The summed E-state index contributed by atoms with van der Waals surface area (Å²) in [5.41, 5.74) is 4.28. The molecule has 22 heavy (non-hydrogen) atoms. The van der Waals surface area contributed by atoms with Crippen molar-refractivity contribution in [2.24, 2.45) is 0 Å². The fourth-order valence-electron chi connectivity index (χ4n) is 2.37. The molecule has 0 radical (unpaired) electrons. The average Bonchev–Trinajstić information content (AvgIpc) is 2.90. The van der Waals surface area contributed by atoms with Crippen LogP contribution in [-0.2, 0) is 0 Å². The Kier molecular flexibility index (Phi) is 3.74. The number of anilines is 1. The molecule has 4 nitrogen and oxygen atoms in total. The molecule has 110 valence electrons. The van der Waals surface area contributed by atoms with Gasteiger partial charge in [-0.15, -0.1) is 0 Å². The Balaban J connectivity index is 1.89. The molecular formula is C18H17N3O. The van der Waals surface area contributed by atoms with E-state index in [2.05, 4.69) is 10.4 Å². The average molecular weight is 291 g/mol. The molecule has 3 rings (SSSR count). The molecule has 3 aromatic rings. The maximum atomic E-state index is 12.4. The van der Waals surface area contributed by atoms with Crippen LogP contribution >= 0.6 is 0 Å². The number of carbonyl (C=O) groups is 1. The number of aromatic nitrogens is 2. The minimum Gasteiger partial charge on any atom is -0.322 e. The lowest BCUT2D eigenvalue weighted by atomic mass is 10.2. The third-order valence-corrected chi connectivity index (χ3v) is 3.53. The van der Waals surface area contributed by atoms with Crippen molar-refractivity contribution in [1.82, 2.24) is 9.78 Å². The molecule has 2 aromatic carbocycles. The fourth-order valence-corrected chi connectivity index (χ4v) is 2.37. The predicted molar refractivity (Wildman–Crippen MR) is 87.4 cm³/mol. The third kappa shape index (κ3) is 2.76. The first-order valence-electron chi connectivity index (χ1n) is 7.13. The van der Waals surface area contributed by atoms with Gasteiger partial charge < -0.3 is 5.32 Å². The zero-order valence-electron chi connectivity index (χ0n) is 12.6. The SMILES string of the molecule is Cc1cccc(-n2ncc(C(=O)Nc3ccccc3)c2C)c1. The summed E-state index contributed by atoms with van der Waals surface area (Å²) >= 11 is 0. The first-order valence-corrected chi connectivity index (χ1v) is 7.13. The highest BCUT2D eigenvalue weighted by atomic mass is 16.1. The lowest BCUT2D eigenvalue weighted by Crippen LogP contribution is -2.13. The van der Waals surface area contributed by atoms with Crippen molar-refractivity contribution >= 4 is 11.6 Å². The molecule has 0 spiro atoms. The van der Waals surface area contributed by atoms with Crippen LogP contribution in [0.4, 0.5) is 5.69 Å². The molecule has 0 bridgehead atoms. The number of amides is 1. The van der Waals surface area contributed by atoms with Gasteiger partial charge in [0.05, 0.1) is 23.1 Å². The number of para-hydroxylation sites is 1. The van der Waals surface area contributed by atoms with Crippen LogP contribution in [-0.4, -0.2) is 15.7 Å².